The number of nitrogens with one attached hydrogen (secondary N) is 2. The molecule has 1 saturated heterocycles. The average Bonchev–Trinajstić information content (AvgIpc) is 3.79. The lowest BCUT2D eigenvalue weighted by Crippen LogP contribution is -2.71. The average molecular weight is 858 g/mol. The van der Waals surface area contributed by atoms with Gasteiger partial charge in [0.15, 0.2) is 16.9 Å². The van der Waals surface area contributed by atoms with Crippen molar-refractivity contribution in [3.63, 3.8) is 0 Å². The Bertz CT molecular complexity index is 2480. The Hall–Kier alpha value is -7.02. The second kappa shape index (κ2) is 19.1. The van der Waals surface area contributed by atoms with E-state index in [1.807, 2.05) is 134 Å². The predicted molar refractivity (Wildman–Crippen MR) is 245 cm³/mol. The number of aromatic nitrogens is 1. The number of ether oxygens (including phenoxy) is 1. The summed E-state index contributed by atoms with van der Waals surface area (Å²) in [5.41, 5.74) is 4.60. The molecule has 0 bridgehead atoms. The molecule has 5 aromatic carbocycles. The highest BCUT2D eigenvalue weighted by atomic mass is 32.2. The van der Waals surface area contributed by atoms with E-state index in [2.05, 4.69) is 58.8 Å². The smallest absolute Gasteiger partial charge is 0.356 e. The molecule has 0 spiro atoms. The number of oxime groups is 1. The van der Waals surface area contributed by atoms with Crippen molar-refractivity contribution in [2.24, 2.45) is 5.16 Å². The van der Waals surface area contributed by atoms with Gasteiger partial charge in [-0.2, -0.15) is 0 Å². The largest absolute Gasteiger partial charge is 0.448 e. The summed E-state index contributed by atoms with van der Waals surface area (Å²) < 4.78 is 6.25. The van der Waals surface area contributed by atoms with Crippen LogP contribution < -0.4 is 10.6 Å². The van der Waals surface area contributed by atoms with Gasteiger partial charge in [-0.3, -0.25) is 14.5 Å². The number of benzene rings is 5. The summed E-state index contributed by atoms with van der Waals surface area (Å²) in [4.78, 5) is 54.5. The number of carbonyl (C=O) groups is 3. The van der Waals surface area contributed by atoms with Gasteiger partial charge in [0.1, 0.15) is 35.0 Å². The molecule has 1 unspecified atom stereocenters. The van der Waals surface area contributed by atoms with Gasteiger partial charge in [0, 0.05) is 11.1 Å². The molecule has 0 aliphatic carbocycles. The number of fused-ring (bicyclic) bond motifs is 1. The van der Waals surface area contributed by atoms with Gasteiger partial charge in [0.2, 0.25) is 0 Å². The third-order valence-corrected chi connectivity index (χ3v) is 12.6. The summed E-state index contributed by atoms with van der Waals surface area (Å²) in [5, 5.41) is 12.5. The van der Waals surface area contributed by atoms with Crippen LogP contribution in [0.25, 0.3) is 0 Å². The molecular weight excluding hydrogens is 815 g/mol. The van der Waals surface area contributed by atoms with Crippen molar-refractivity contribution in [1.82, 2.24) is 15.2 Å². The van der Waals surface area contributed by atoms with E-state index in [4.69, 9.17) is 14.6 Å². The number of nitrogens with zero attached hydrogens (tertiary/aromatic N) is 3. The molecule has 12 heteroatoms. The topological polar surface area (TPSA) is 122 Å². The second-order valence-corrected chi connectivity index (χ2v) is 16.3. The van der Waals surface area contributed by atoms with Gasteiger partial charge in [-0.15, -0.1) is 23.1 Å². The Labute approximate surface area is 368 Å². The van der Waals surface area contributed by atoms with E-state index in [-0.39, 0.29) is 23.7 Å². The van der Waals surface area contributed by atoms with Crippen molar-refractivity contribution in [1.29, 1.82) is 0 Å². The van der Waals surface area contributed by atoms with Crippen LogP contribution in [0.4, 0.5) is 5.13 Å². The Morgan fingerprint density at radius 3 is 1.90 bits per heavy atom. The van der Waals surface area contributed by atoms with Crippen LogP contribution in [0.2, 0.25) is 0 Å². The molecule has 6 aromatic rings. The molecule has 2 aliphatic rings. The first-order valence-corrected chi connectivity index (χ1v) is 22.0. The maximum Gasteiger partial charge on any atom is 0.356 e. The van der Waals surface area contributed by atoms with Gasteiger partial charge in [0.25, 0.3) is 11.8 Å². The van der Waals surface area contributed by atoms with E-state index in [0.717, 1.165) is 27.8 Å². The van der Waals surface area contributed by atoms with Gasteiger partial charge < -0.3 is 20.2 Å². The summed E-state index contributed by atoms with van der Waals surface area (Å²) in [7, 11) is 0. The number of amides is 2. The quantitative estimate of drug-likeness (QED) is 0.0188. The molecule has 0 saturated carbocycles. The number of anilines is 1. The van der Waals surface area contributed by atoms with Gasteiger partial charge in [0.05, 0.1) is 0 Å². The molecule has 2 aliphatic heterocycles. The fraction of sp³-hybridized carbons (Fsp3) is 0.140. The summed E-state index contributed by atoms with van der Waals surface area (Å²) in [5.74, 6) is -1.34. The van der Waals surface area contributed by atoms with E-state index < -0.39 is 40.8 Å². The standard InChI is InChI=1S/C50H43N5O5S2/c1-3-20-36-32-61-47-42(46(57)55(47)43(36)48(58)60-44(34-21-10-5-11-22-34)35-23-12-6-13-24-35)52-45(56)41(54-59-31-4-2)40-33-62-49(51-40)53-50(37-25-14-7-15-26-37,38-27-16-8-17-28-38)39-29-18-9-19-30-39/h3-30,33,42,44,47H,2,31-32H2,1H3,(H,51,53)(H,52,56)/b20-3-,54-41+/t42?,47-/m1/s1. The maximum absolute atomic E-state index is 14.3. The summed E-state index contributed by atoms with van der Waals surface area (Å²) >= 11 is 2.76. The highest BCUT2D eigenvalue weighted by molar-refractivity contribution is 8.00. The highest BCUT2D eigenvalue weighted by Crippen LogP contribution is 2.43. The van der Waals surface area contributed by atoms with Crippen molar-refractivity contribution in [2.75, 3.05) is 17.7 Å². The zero-order valence-electron chi connectivity index (χ0n) is 33.8. The number of allylic oxidation sites excluding steroid dienone is 2. The van der Waals surface area contributed by atoms with Crippen LogP contribution in [0.3, 0.4) is 0 Å². The van der Waals surface area contributed by atoms with Gasteiger partial charge in [-0.25, -0.2) is 9.78 Å². The van der Waals surface area contributed by atoms with Crippen LogP contribution in [0.1, 0.15) is 46.5 Å². The molecule has 3 heterocycles. The minimum absolute atomic E-state index is 0.0384. The number of thiazole rings is 1. The van der Waals surface area contributed by atoms with Crippen LogP contribution in [0, 0.1) is 0 Å². The molecular formula is C50H43N5O5S2. The van der Waals surface area contributed by atoms with Crippen molar-refractivity contribution < 1.29 is 24.0 Å². The van der Waals surface area contributed by atoms with Crippen LogP contribution >= 0.6 is 23.1 Å². The fourth-order valence-electron chi connectivity index (χ4n) is 7.66. The molecule has 1 aromatic heterocycles. The summed E-state index contributed by atoms with van der Waals surface area (Å²) in [6.45, 7) is 5.60. The van der Waals surface area contributed by atoms with E-state index in [0.29, 0.717) is 16.5 Å². The summed E-state index contributed by atoms with van der Waals surface area (Å²) in [6, 6.07) is 48.3. The van der Waals surface area contributed by atoms with E-state index in [1.165, 1.54) is 34.1 Å². The highest BCUT2D eigenvalue weighted by Gasteiger charge is 2.55. The molecule has 62 heavy (non-hydrogen) atoms. The molecule has 0 radical (unpaired) electrons. The number of β-lactam (4-membered cyclic amide) rings is 1. The van der Waals surface area contributed by atoms with Crippen molar-refractivity contribution in [3.8, 4) is 0 Å². The van der Waals surface area contributed by atoms with E-state index >= 15 is 0 Å². The first kappa shape index (κ1) is 41.7. The molecule has 310 valence electrons. The molecule has 10 nitrogen and oxygen atoms in total. The molecule has 2 N–H and O–H groups in total. The number of thioether (sulfide) groups is 1. The monoisotopic (exact) mass is 857 g/mol. The Balaban J connectivity index is 1.06. The number of carbonyl (C=O) groups excluding carboxylic acids is 3. The molecule has 8 rings (SSSR count). The first-order chi connectivity index (χ1) is 30.4. The molecule has 2 atom stereocenters. The van der Waals surface area contributed by atoms with Crippen LogP contribution in [0.15, 0.2) is 198 Å². The maximum atomic E-state index is 14.3. The van der Waals surface area contributed by atoms with Crippen LogP contribution in [-0.2, 0) is 29.5 Å². The number of hydrogen-bond donors (Lipinski definition) is 2. The lowest BCUT2D eigenvalue weighted by molar-refractivity contribution is -0.154. The number of hydrogen-bond acceptors (Lipinski definition) is 10. The van der Waals surface area contributed by atoms with Crippen LogP contribution in [-0.4, -0.2) is 57.2 Å². The molecule has 2 amide bonds. The SMILES string of the molecule is C=CCO/N=C(/C(=O)NC1C(=O)N2C(C(=O)OC(c3ccccc3)c3ccccc3)=C(/C=C\C)CS[C@H]12)c1csc(NC(c2ccccc2)(c2ccccc2)c2ccccc2)n1. The number of esters is 1. The van der Waals surface area contributed by atoms with Crippen molar-refractivity contribution in [2.45, 2.75) is 30.0 Å². The fourth-order valence-corrected chi connectivity index (χ4v) is 9.73. The Kier molecular flexibility index (Phi) is 12.9. The van der Waals surface area contributed by atoms with Crippen molar-refractivity contribution in [3.05, 3.63) is 227 Å². The third-order valence-electron chi connectivity index (χ3n) is 10.5. The van der Waals surface area contributed by atoms with Crippen molar-refractivity contribution >= 4 is 51.7 Å². The zero-order chi connectivity index (χ0) is 42.9. The minimum atomic E-state index is -0.968. The Morgan fingerprint density at radius 2 is 1.39 bits per heavy atom. The second-order valence-electron chi connectivity index (χ2n) is 14.4. The molecule has 1 fully saturated rings. The zero-order valence-corrected chi connectivity index (χ0v) is 35.4. The van der Waals surface area contributed by atoms with Gasteiger partial charge >= 0.3 is 5.97 Å². The van der Waals surface area contributed by atoms with Gasteiger partial charge in [-0.05, 0) is 40.3 Å². The van der Waals surface area contributed by atoms with E-state index in [1.54, 1.807) is 5.38 Å². The normalized spacial score (nSPS) is 16.4. The van der Waals surface area contributed by atoms with Gasteiger partial charge in [-0.1, -0.05) is 182 Å². The van der Waals surface area contributed by atoms with Crippen LogP contribution in [0.5, 0.6) is 0 Å². The number of rotatable bonds is 16. The summed E-state index contributed by atoms with van der Waals surface area (Å²) in [6.07, 6.45) is 4.44. The van der Waals surface area contributed by atoms with E-state index in [9.17, 15) is 14.4 Å². The lowest BCUT2D eigenvalue weighted by Gasteiger charge is -2.49. The lowest BCUT2D eigenvalue weighted by atomic mass is 9.77. The Morgan fingerprint density at radius 1 is 0.855 bits per heavy atom. The first-order valence-electron chi connectivity index (χ1n) is 20.1. The minimum Gasteiger partial charge on any atom is -0.448 e. The predicted octanol–water partition coefficient (Wildman–Crippen LogP) is 9.02. The third kappa shape index (κ3) is 8.47.